The van der Waals surface area contributed by atoms with Gasteiger partial charge in [-0.2, -0.15) is 0 Å². The van der Waals surface area contributed by atoms with E-state index in [1.54, 1.807) is 30.3 Å². The number of hydrogen-bond acceptors (Lipinski definition) is 4. The highest BCUT2D eigenvalue weighted by molar-refractivity contribution is 7.18. The Morgan fingerprint density at radius 3 is 2.64 bits per heavy atom. The van der Waals surface area contributed by atoms with E-state index in [1.807, 2.05) is 18.2 Å². The van der Waals surface area contributed by atoms with Crippen LogP contribution in [0.1, 0.15) is 10.4 Å². The summed E-state index contributed by atoms with van der Waals surface area (Å²) in [5.74, 6) is -0.288. The lowest BCUT2D eigenvalue weighted by Gasteiger charge is -2.01. The Labute approximate surface area is 140 Å². The number of carbonyl (C=O) groups excluding carboxylic acids is 1. The molecule has 0 saturated carbocycles. The molecule has 0 unspecified atom stereocenters. The molecule has 1 N–H and O–H groups in total. The van der Waals surface area contributed by atoms with Crippen LogP contribution in [0, 0.1) is 0 Å². The number of carbonyl (C=O) groups is 1. The van der Waals surface area contributed by atoms with Gasteiger partial charge in [-0.15, -0.1) is 10.2 Å². The first-order valence-corrected chi connectivity index (χ1v) is 7.86. The van der Waals surface area contributed by atoms with E-state index >= 15 is 0 Å². The highest BCUT2D eigenvalue weighted by Crippen LogP contribution is 2.31. The van der Waals surface area contributed by atoms with Gasteiger partial charge in [0.15, 0.2) is 5.01 Å². The molecule has 0 radical (unpaired) electrons. The van der Waals surface area contributed by atoms with Crippen molar-refractivity contribution < 1.29 is 4.79 Å². The Hall–Kier alpha value is -1.95. The van der Waals surface area contributed by atoms with Gasteiger partial charge < -0.3 is 0 Å². The number of amides is 1. The number of benzene rings is 2. The molecule has 7 heteroatoms. The van der Waals surface area contributed by atoms with Crippen LogP contribution in [0.3, 0.4) is 0 Å². The van der Waals surface area contributed by atoms with Crippen molar-refractivity contribution in [2.45, 2.75) is 0 Å². The van der Waals surface area contributed by atoms with Crippen LogP contribution < -0.4 is 5.32 Å². The highest BCUT2D eigenvalue weighted by Gasteiger charge is 2.13. The van der Waals surface area contributed by atoms with Crippen molar-refractivity contribution in [3.63, 3.8) is 0 Å². The molecular weight excluding hydrogens is 341 g/mol. The van der Waals surface area contributed by atoms with Crippen molar-refractivity contribution >= 4 is 45.6 Å². The van der Waals surface area contributed by atoms with Gasteiger partial charge in [0.25, 0.3) is 5.91 Å². The minimum atomic E-state index is -0.288. The number of anilines is 1. The molecule has 0 aliphatic carbocycles. The van der Waals surface area contributed by atoms with Gasteiger partial charge in [0, 0.05) is 16.1 Å². The second-order valence-corrected chi connectivity index (χ2v) is 6.18. The maximum Gasteiger partial charge on any atom is 0.257 e. The predicted molar refractivity (Wildman–Crippen MR) is 89.8 cm³/mol. The number of nitrogens with one attached hydrogen (secondary N) is 1. The predicted octanol–water partition coefficient (Wildman–Crippen LogP) is 4.76. The minimum absolute atomic E-state index is 0.288. The molecule has 3 aromatic rings. The zero-order valence-corrected chi connectivity index (χ0v) is 13.4. The van der Waals surface area contributed by atoms with Crippen LogP contribution in [-0.4, -0.2) is 16.1 Å². The fourth-order valence-electron chi connectivity index (χ4n) is 1.82. The summed E-state index contributed by atoms with van der Waals surface area (Å²) in [4.78, 5) is 12.1. The Kier molecular flexibility index (Phi) is 4.38. The highest BCUT2D eigenvalue weighted by atomic mass is 35.5. The smallest absolute Gasteiger partial charge is 0.257 e. The van der Waals surface area contributed by atoms with E-state index in [0.717, 1.165) is 5.56 Å². The number of nitrogens with zero attached hydrogens (tertiary/aromatic N) is 2. The number of aromatic nitrogens is 2. The normalized spacial score (nSPS) is 10.5. The lowest BCUT2D eigenvalue weighted by Crippen LogP contribution is -2.11. The van der Waals surface area contributed by atoms with E-state index in [2.05, 4.69) is 15.5 Å². The molecule has 1 heterocycles. The average Bonchev–Trinajstić information content (AvgIpc) is 2.96. The molecule has 0 bridgehead atoms. The average molecular weight is 350 g/mol. The zero-order valence-electron chi connectivity index (χ0n) is 11.1. The molecule has 22 heavy (non-hydrogen) atoms. The van der Waals surface area contributed by atoms with E-state index in [9.17, 15) is 4.79 Å². The molecule has 0 fully saturated rings. The maximum absolute atomic E-state index is 12.1. The van der Waals surface area contributed by atoms with Crippen molar-refractivity contribution in [1.29, 1.82) is 0 Å². The summed E-state index contributed by atoms with van der Waals surface area (Å²) in [6, 6.07) is 14.0. The second kappa shape index (κ2) is 6.44. The third kappa shape index (κ3) is 3.27. The van der Waals surface area contributed by atoms with Crippen molar-refractivity contribution in [2.75, 3.05) is 5.32 Å². The van der Waals surface area contributed by atoms with E-state index in [-0.39, 0.29) is 5.91 Å². The summed E-state index contributed by atoms with van der Waals surface area (Å²) >= 11 is 13.3. The molecule has 2 aromatic carbocycles. The zero-order chi connectivity index (χ0) is 15.5. The molecule has 1 amide bonds. The monoisotopic (exact) mass is 349 g/mol. The third-order valence-electron chi connectivity index (χ3n) is 2.84. The first-order chi connectivity index (χ1) is 10.6. The summed E-state index contributed by atoms with van der Waals surface area (Å²) in [5, 5.41) is 12.9. The standard InChI is InChI=1S/C15H9Cl2N3OS/c16-10-5-3-4-9(8-10)13(21)18-15-20-19-14(22-15)11-6-1-2-7-12(11)17/h1-8H,(H,18,20,21). The molecule has 0 saturated heterocycles. The Balaban J connectivity index is 1.80. The van der Waals surface area contributed by atoms with Crippen molar-refractivity contribution in [1.82, 2.24) is 10.2 Å². The van der Waals surface area contributed by atoms with Crippen LogP contribution in [0.2, 0.25) is 10.0 Å². The molecule has 110 valence electrons. The van der Waals surface area contributed by atoms with Crippen LogP contribution in [0.15, 0.2) is 48.5 Å². The van der Waals surface area contributed by atoms with Crippen LogP contribution in [0.5, 0.6) is 0 Å². The first-order valence-electron chi connectivity index (χ1n) is 6.29. The van der Waals surface area contributed by atoms with Gasteiger partial charge in [0.05, 0.1) is 5.02 Å². The quantitative estimate of drug-likeness (QED) is 0.741. The number of halogens is 2. The van der Waals surface area contributed by atoms with Crippen LogP contribution in [0.4, 0.5) is 5.13 Å². The molecule has 1 aromatic heterocycles. The Morgan fingerprint density at radius 1 is 1.05 bits per heavy atom. The molecule has 0 spiro atoms. The number of hydrogen-bond donors (Lipinski definition) is 1. The Bertz CT molecular complexity index is 835. The minimum Gasteiger partial charge on any atom is -0.296 e. The van der Waals surface area contributed by atoms with Crippen molar-refractivity contribution in [3.05, 3.63) is 64.1 Å². The topological polar surface area (TPSA) is 54.9 Å². The molecular formula is C15H9Cl2N3OS. The van der Waals surface area contributed by atoms with E-state index < -0.39 is 0 Å². The fourth-order valence-corrected chi connectivity index (χ4v) is 3.07. The largest absolute Gasteiger partial charge is 0.296 e. The molecule has 0 aliphatic heterocycles. The molecule has 3 rings (SSSR count). The fraction of sp³-hybridized carbons (Fsp3) is 0. The Morgan fingerprint density at radius 2 is 1.86 bits per heavy atom. The van der Waals surface area contributed by atoms with Gasteiger partial charge in [-0.25, -0.2) is 0 Å². The second-order valence-electron chi connectivity index (χ2n) is 4.36. The van der Waals surface area contributed by atoms with E-state index in [4.69, 9.17) is 23.2 Å². The van der Waals surface area contributed by atoms with Gasteiger partial charge in [0.1, 0.15) is 0 Å². The maximum atomic E-state index is 12.1. The molecule has 4 nitrogen and oxygen atoms in total. The number of rotatable bonds is 3. The van der Waals surface area contributed by atoms with Gasteiger partial charge in [-0.05, 0) is 24.3 Å². The molecule has 0 aliphatic rings. The van der Waals surface area contributed by atoms with E-state index in [1.165, 1.54) is 11.3 Å². The van der Waals surface area contributed by atoms with Crippen molar-refractivity contribution in [2.24, 2.45) is 0 Å². The summed E-state index contributed by atoms with van der Waals surface area (Å²) in [5.41, 5.74) is 1.24. The van der Waals surface area contributed by atoms with E-state index in [0.29, 0.717) is 25.7 Å². The first kappa shape index (κ1) is 15.0. The van der Waals surface area contributed by atoms with Crippen LogP contribution in [-0.2, 0) is 0 Å². The summed E-state index contributed by atoms with van der Waals surface area (Å²) in [7, 11) is 0. The van der Waals surface area contributed by atoms with Gasteiger partial charge in [0.2, 0.25) is 5.13 Å². The summed E-state index contributed by atoms with van der Waals surface area (Å²) in [6.07, 6.45) is 0. The van der Waals surface area contributed by atoms with Gasteiger partial charge in [-0.1, -0.05) is 58.8 Å². The van der Waals surface area contributed by atoms with Gasteiger partial charge in [-0.3, -0.25) is 10.1 Å². The summed E-state index contributed by atoms with van der Waals surface area (Å²) in [6.45, 7) is 0. The third-order valence-corrected chi connectivity index (χ3v) is 4.27. The molecule has 0 atom stereocenters. The lowest BCUT2D eigenvalue weighted by atomic mass is 10.2. The summed E-state index contributed by atoms with van der Waals surface area (Å²) < 4.78 is 0. The van der Waals surface area contributed by atoms with Gasteiger partial charge >= 0.3 is 0 Å². The lowest BCUT2D eigenvalue weighted by molar-refractivity contribution is 0.102. The van der Waals surface area contributed by atoms with Crippen LogP contribution >= 0.6 is 34.5 Å². The van der Waals surface area contributed by atoms with Crippen LogP contribution in [0.25, 0.3) is 10.6 Å². The van der Waals surface area contributed by atoms with Crippen molar-refractivity contribution in [3.8, 4) is 10.6 Å². The SMILES string of the molecule is O=C(Nc1nnc(-c2ccccc2Cl)s1)c1cccc(Cl)c1.